The Hall–Kier alpha value is -1.66. The smallest absolute Gasteiger partial charge is 0.191 e. The maximum absolute atomic E-state index is 4.75. The van der Waals surface area contributed by atoms with Crippen LogP contribution >= 0.6 is 23.1 Å². The lowest BCUT2D eigenvalue weighted by Crippen LogP contribution is -1.97. The summed E-state index contributed by atoms with van der Waals surface area (Å²) in [6, 6.07) is 8.53. The van der Waals surface area contributed by atoms with Crippen molar-refractivity contribution in [1.29, 1.82) is 0 Å². The molecule has 4 rings (SSSR count). The standard InChI is InChI=1S/C17H18N4S2/c1-11-3-5-13(6-4-11)16-18-14(9-22-16)10-23-17-20-19-15(21(17)2)12-7-8-12/h3-6,9,12H,7-8,10H2,1-2H3. The van der Waals surface area contributed by atoms with Crippen molar-refractivity contribution in [1.82, 2.24) is 19.7 Å². The number of nitrogens with zero attached hydrogens (tertiary/aromatic N) is 4. The van der Waals surface area contributed by atoms with Gasteiger partial charge in [-0.05, 0) is 19.8 Å². The molecule has 4 nitrogen and oxygen atoms in total. The van der Waals surface area contributed by atoms with Crippen LogP contribution in [0.4, 0.5) is 0 Å². The van der Waals surface area contributed by atoms with E-state index in [4.69, 9.17) is 4.98 Å². The summed E-state index contributed by atoms with van der Waals surface area (Å²) in [5.41, 5.74) is 3.56. The summed E-state index contributed by atoms with van der Waals surface area (Å²) < 4.78 is 2.13. The van der Waals surface area contributed by atoms with Gasteiger partial charge in [0, 0.05) is 29.7 Å². The quantitative estimate of drug-likeness (QED) is 0.644. The monoisotopic (exact) mass is 342 g/mol. The predicted octanol–water partition coefficient (Wildman–Crippen LogP) is 4.42. The fraction of sp³-hybridized carbons (Fsp3) is 0.353. The van der Waals surface area contributed by atoms with Crippen molar-refractivity contribution in [2.24, 2.45) is 7.05 Å². The van der Waals surface area contributed by atoms with E-state index in [2.05, 4.69) is 58.4 Å². The zero-order chi connectivity index (χ0) is 15.8. The first kappa shape index (κ1) is 14.9. The maximum atomic E-state index is 4.75. The number of aryl methyl sites for hydroxylation is 1. The largest absolute Gasteiger partial charge is 0.309 e. The summed E-state index contributed by atoms with van der Waals surface area (Å²) in [7, 11) is 2.06. The molecule has 0 bridgehead atoms. The highest BCUT2D eigenvalue weighted by atomic mass is 32.2. The lowest BCUT2D eigenvalue weighted by atomic mass is 10.2. The van der Waals surface area contributed by atoms with E-state index in [-0.39, 0.29) is 0 Å². The highest BCUT2D eigenvalue weighted by molar-refractivity contribution is 7.98. The molecular weight excluding hydrogens is 324 g/mol. The normalized spacial score (nSPS) is 14.3. The molecule has 0 spiro atoms. The van der Waals surface area contributed by atoms with Gasteiger partial charge in [0.1, 0.15) is 10.8 Å². The van der Waals surface area contributed by atoms with Crippen molar-refractivity contribution in [2.45, 2.75) is 36.6 Å². The average Bonchev–Trinajstić information content (AvgIpc) is 3.17. The molecule has 1 aliphatic carbocycles. The fourth-order valence-electron chi connectivity index (χ4n) is 2.49. The van der Waals surface area contributed by atoms with Gasteiger partial charge in [-0.3, -0.25) is 0 Å². The molecule has 0 amide bonds. The summed E-state index contributed by atoms with van der Waals surface area (Å²) in [5.74, 6) is 2.60. The molecule has 118 valence electrons. The van der Waals surface area contributed by atoms with Crippen molar-refractivity contribution in [3.8, 4) is 10.6 Å². The molecule has 0 aliphatic heterocycles. The fourth-order valence-corrected chi connectivity index (χ4v) is 4.23. The van der Waals surface area contributed by atoms with Crippen molar-refractivity contribution >= 4 is 23.1 Å². The van der Waals surface area contributed by atoms with Crippen LogP contribution in [0.1, 0.15) is 35.8 Å². The molecule has 3 aromatic rings. The molecule has 0 N–H and O–H groups in total. The van der Waals surface area contributed by atoms with Gasteiger partial charge in [0.2, 0.25) is 0 Å². The molecule has 0 unspecified atom stereocenters. The Morgan fingerprint density at radius 1 is 1.22 bits per heavy atom. The van der Waals surface area contributed by atoms with E-state index in [1.165, 1.54) is 24.0 Å². The topological polar surface area (TPSA) is 43.6 Å². The molecular formula is C17H18N4S2. The van der Waals surface area contributed by atoms with E-state index >= 15 is 0 Å². The predicted molar refractivity (Wildman–Crippen MR) is 94.8 cm³/mol. The summed E-state index contributed by atoms with van der Waals surface area (Å²) in [6.45, 7) is 2.10. The Morgan fingerprint density at radius 2 is 2.00 bits per heavy atom. The SMILES string of the molecule is Cc1ccc(-c2nc(CSc3nnc(C4CC4)n3C)cs2)cc1. The minimum atomic E-state index is 0.634. The van der Waals surface area contributed by atoms with Crippen LogP contribution in [-0.2, 0) is 12.8 Å². The van der Waals surface area contributed by atoms with Crippen molar-refractivity contribution < 1.29 is 0 Å². The van der Waals surface area contributed by atoms with Crippen molar-refractivity contribution in [3.05, 3.63) is 46.7 Å². The number of rotatable bonds is 5. The van der Waals surface area contributed by atoms with Crippen LogP contribution in [0.15, 0.2) is 34.8 Å². The van der Waals surface area contributed by atoms with Gasteiger partial charge in [-0.25, -0.2) is 4.98 Å². The van der Waals surface area contributed by atoms with Crippen LogP contribution in [0, 0.1) is 6.92 Å². The van der Waals surface area contributed by atoms with Gasteiger partial charge in [0.05, 0.1) is 5.69 Å². The zero-order valence-corrected chi connectivity index (χ0v) is 14.8. The number of thioether (sulfide) groups is 1. The molecule has 2 aromatic heterocycles. The first-order chi connectivity index (χ1) is 11.2. The van der Waals surface area contributed by atoms with E-state index in [0.717, 1.165) is 27.4 Å². The van der Waals surface area contributed by atoms with Gasteiger partial charge < -0.3 is 4.57 Å². The highest BCUT2D eigenvalue weighted by Crippen LogP contribution is 2.39. The summed E-state index contributed by atoms with van der Waals surface area (Å²) in [6.07, 6.45) is 2.51. The molecule has 1 fully saturated rings. The lowest BCUT2D eigenvalue weighted by Gasteiger charge is -2.01. The van der Waals surface area contributed by atoms with Gasteiger partial charge >= 0.3 is 0 Å². The Balaban J connectivity index is 1.44. The third kappa shape index (κ3) is 3.19. The van der Waals surface area contributed by atoms with Crippen molar-refractivity contribution in [2.75, 3.05) is 0 Å². The van der Waals surface area contributed by atoms with Crippen LogP contribution in [0.3, 0.4) is 0 Å². The highest BCUT2D eigenvalue weighted by Gasteiger charge is 2.29. The molecule has 0 radical (unpaired) electrons. The number of benzene rings is 1. The molecule has 6 heteroatoms. The Morgan fingerprint density at radius 3 is 2.74 bits per heavy atom. The van der Waals surface area contributed by atoms with Gasteiger partial charge in [0.25, 0.3) is 0 Å². The number of thiazole rings is 1. The van der Waals surface area contributed by atoms with Crippen molar-refractivity contribution in [3.63, 3.8) is 0 Å². The van der Waals surface area contributed by atoms with Crippen LogP contribution in [0.25, 0.3) is 10.6 Å². The minimum Gasteiger partial charge on any atom is -0.309 e. The second-order valence-corrected chi connectivity index (χ2v) is 7.77. The third-order valence-electron chi connectivity index (χ3n) is 4.01. The Kier molecular flexibility index (Phi) is 3.95. The minimum absolute atomic E-state index is 0.634. The Labute approximate surface area is 144 Å². The maximum Gasteiger partial charge on any atom is 0.191 e. The van der Waals surface area contributed by atoms with Crippen LogP contribution in [0.2, 0.25) is 0 Å². The number of aromatic nitrogens is 4. The van der Waals surface area contributed by atoms with Gasteiger partial charge in [-0.15, -0.1) is 21.5 Å². The molecule has 0 saturated heterocycles. The third-order valence-corrected chi connectivity index (χ3v) is 6.00. The molecule has 0 atom stereocenters. The van der Waals surface area contributed by atoms with E-state index in [0.29, 0.717) is 5.92 Å². The summed E-state index contributed by atoms with van der Waals surface area (Å²) in [5, 5.41) is 12.8. The number of hydrogen-bond donors (Lipinski definition) is 0. The van der Waals surface area contributed by atoms with Gasteiger partial charge in [0.15, 0.2) is 5.16 Å². The van der Waals surface area contributed by atoms with E-state index < -0.39 is 0 Å². The first-order valence-corrected chi connectivity index (χ1v) is 9.61. The molecule has 1 saturated carbocycles. The van der Waals surface area contributed by atoms with Crippen LogP contribution < -0.4 is 0 Å². The molecule has 1 aromatic carbocycles. The average molecular weight is 342 g/mol. The van der Waals surface area contributed by atoms with E-state index in [9.17, 15) is 0 Å². The van der Waals surface area contributed by atoms with Crippen LogP contribution in [-0.4, -0.2) is 19.7 Å². The Bertz CT molecular complexity index is 815. The zero-order valence-electron chi connectivity index (χ0n) is 13.2. The van der Waals surface area contributed by atoms with E-state index in [1.54, 1.807) is 23.1 Å². The second-order valence-electron chi connectivity index (χ2n) is 5.97. The summed E-state index contributed by atoms with van der Waals surface area (Å²) in [4.78, 5) is 4.75. The van der Waals surface area contributed by atoms with E-state index in [1.807, 2.05) is 0 Å². The second kappa shape index (κ2) is 6.09. The van der Waals surface area contributed by atoms with Gasteiger partial charge in [-0.1, -0.05) is 41.6 Å². The van der Waals surface area contributed by atoms with Gasteiger partial charge in [-0.2, -0.15) is 0 Å². The number of hydrogen-bond acceptors (Lipinski definition) is 5. The molecule has 23 heavy (non-hydrogen) atoms. The molecule has 1 aliphatic rings. The lowest BCUT2D eigenvalue weighted by molar-refractivity contribution is 0.736. The molecule has 2 heterocycles. The summed E-state index contributed by atoms with van der Waals surface area (Å²) >= 11 is 3.41. The first-order valence-electron chi connectivity index (χ1n) is 7.74. The van der Waals surface area contributed by atoms with Crippen LogP contribution in [0.5, 0.6) is 0 Å².